The van der Waals surface area contributed by atoms with Crippen LogP contribution in [0.2, 0.25) is 0 Å². The van der Waals surface area contributed by atoms with Crippen LogP contribution in [0.25, 0.3) is 0 Å². The quantitative estimate of drug-likeness (QED) is 0.619. The maximum absolute atomic E-state index is 4.55. The molecule has 1 atom stereocenters. The minimum absolute atomic E-state index is 0.563. The Bertz CT molecular complexity index is 760. The van der Waals surface area contributed by atoms with Gasteiger partial charge in [-0.2, -0.15) is 5.10 Å². The fourth-order valence-corrected chi connectivity index (χ4v) is 5.16. The zero-order chi connectivity index (χ0) is 19.3. The highest BCUT2D eigenvalue weighted by Crippen LogP contribution is 2.27. The van der Waals surface area contributed by atoms with E-state index in [4.69, 9.17) is 0 Å². The monoisotopic (exact) mass is 400 g/mol. The van der Waals surface area contributed by atoms with Gasteiger partial charge in [-0.3, -0.25) is 14.6 Å². The molecule has 0 amide bonds. The van der Waals surface area contributed by atoms with Crippen molar-refractivity contribution in [1.82, 2.24) is 24.9 Å². The molecule has 2 aliphatic heterocycles. The molecule has 4 rings (SSSR count). The Morgan fingerprint density at radius 3 is 2.82 bits per heavy atom. The third kappa shape index (κ3) is 4.75. The number of nitrogens with zero attached hydrogens (tertiary/aromatic N) is 5. The fraction of sp³-hybridized carbons (Fsp3) is 0.619. The molecular weight excluding hydrogens is 368 g/mol. The standard InChI is InChI=1S/C21H32N6S/c1-22-21(27-10-7-18(15-27)19-13-24-25(2)14-19)23-12-17-5-8-26(9-6-17)16-20-4-3-11-28-20/h3-4,11,13-14,17-18H,5-10,12,15-16H2,1-2H3,(H,22,23). The molecule has 2 aromatic heterocycles. The van der Waals surface area contributed by atoms with E-state index in [1.807, 2.05) is 36.3 Å². The van der Waals surface area contributed by atoms with Gasteiger partial charge in [-0.25, -0.2) is 0 Å². The zero-order valence-corrected chi connectivity index (χ0v) is 17.9. The van der Waals surface area contributed by atoms with Crippen LogP contribution in [0.1, 0.15) is 35.6 Å². The Morgan fingerprint density at radius 1 is 1.29 bits per heavy atom. The maximum Gasteiger partial charge on any atom is 0.193 e. The van der Waals surface area contributed by atoms with Gasteiger partial charge < -0.3 is 10.2 Å². The summed E-state index contributed by atoms with van der Waals surface area (Å²) < 4.78 is 1.90. The summed E-state index contributed by atoms with van der Waals surface area (Å²) in [7, 11) is 3.89. The predicted octanol–water partition coefficient (Wildman–Crippen LogP) is 2.76. The van der Waals surface area contributed by atoms with Crippen LogP contribution in [0.5, 0.6) is 0 Å². The number of thiophene rings is 1. The number of hydrogen-bond donors (Lipinski definition) is 1. The molecule has 2 saturated heterocycles. The highest BCUT2D eigenvalue weighted by Gasteiger charge is 2.27. The van der Waals surface area contributed by atoms with Gasteiger partial charge in [0.05, 0.1) is 6.20 Å². The van der Waals surface area contributed by atoms with Crippen LogP contribution < -0.4 is 5.32 Å². The van der Waals surface area contributed by atoms with Gasteiger partial charge in [0.1, 0.15) is 0 Å². The molecule has 2 aliphatic rings. The summed E-state index contributed by atoms with van der Waals surface area (Å²) in [4.78, 5) is 11.0. The van der Waals surface area contributed by atoms with Gasteiger partial charge in [0.2, 0.25) is 0 Å². The van der Waals surface area contributed by atoms with Crippen LogP contribution in [-0.2, 0) is 13.6 Å². The summed E-state index contributed by atoms with van der Waals surface area (Å²) in [6.07, 6.45) is 7.87. The molecule has 28 heavy (non-hydrogen) atoms. The minimum Gasteiger partial charge on any atom is -0.356 e. The van der Waals surface area contributed by atoms with E-state index in [-0.39, 0.29) is 0 Å². The molecule has 0 spiro atoms. The summed E-state index contributed by atoms with van der Waals surface area (Å²) in [6, 6.07) is 4.40. The van der Waals surface area contributed by atoms with Crippen LogP contribution in [-0.4, -0.2) is 65.3 Å². The molecule has 2 aromatic rings. The van der Waals surface area contributed by atoms with E-state index >= 15 is 0 Å². The largest absolute Gasteiger partial charge is 0.356 e. The molecule has 1 unspecified atom stereocenters. The molecule has 7 heteroatoms. The summed E-state index contributed by atoms with van der Waals surface area (Å²) in [5, 5.41) is 10.2. The molecule has 0 bridgehead atoms. The third-order valence-electron chi connectivity index (χ3n) is 6.11. The lowest BCUT2D eigenvalue weighted by atomic mass is 9.97. The molecule has 2 fully saturated rings. The SMILES string of the molecule is CN=C(NCC1CCN(Cc2cccs2)CC1)N1CCC(c2cnn(C)c2)C1. The van der Waals surface area contributed by atoms with E-state index in [1.54, 1.807) is 0 Å². The number of aliphatic imine (C=N–C) groups is 1. The first-order valence-electron chi connectivity index (χ1n) is 10.4. The number of guanidine groups is 1. The number of rotatable bonds is 5. The molecule has 1 N–H and O–H groups in total. The van der Waals surface area contributed by atoms with Crippen LogP contribution in [0.4, 0.5) is 0 Å². The van der Waals surface area contributed by atoms with Gasteiger partial charge in [0.15, 0.2) is 5.96 Å². The molecule has 0 radical (unpaired) electrons. The number of aryl methyl sites for hydroxylation is 1. The molecule has 0 aliphatic carbocycles. The van der Waals surface area contributed by atoms with Crippen molar-refractivity contribution >= 4 is 17.3 Å². The maximum atomic E-state index is 4.55. The third-order valence-corrected chi connectivity index (χ3v) is 6.97. The van der Waals surface area contributed by atoms with Crippen LogP contribution in [0.3, 0.4) is 0 Å². The Morgan fingerprint density at radius 2 is 2.14 bits per heavy atom. The van der Waals surface area contributed by atoms with Gasteiger partial charge >= 0.3 is 0 Å². The first-order chi connectivity index (χ1) is 13.7. The van der Waals surface area contributed by atoms with Gasteiger partial charge in [-0.15, -0.1) is 11.3 Å². The lowest BCUT2D eigenvalue weighted by Gasteiger charge is -2.32. The van der Waals surface area contributed by atoms with Crippen molar-refractivity contribution in [3.63, 3.8) is 0 Å². The molecule has 6 nitrogen and oxygen atoms in total. The summed E-state index contributed by atoms with van der Waals surface area (Å²) in [5.41, 5.74) is 1.35. The fourth-order valence-electron chi connectivity index (χ4n) is 4.42. The number of piperidine rings is 1. The predicted molar refractivity (Wildman–Crippen MR) is 116 cm³/mol. The van der Waals surface area contributed by atoms with Crippen molar-refractivity contribution in [1.29, 1.82) is 0 Å². The van der Waals surface area contributed by atoms with Gasteiger partial charge in [0, 0.05) is 57.3 Å². The molecular formula is C21H32N6S. The van der Waals surface area contributed by atoms with E-state index in [2.05, 4.69) is 48.9 Å². The van der Waals surface area contributed by atoms with Crippen LogP contribution >= 0.6 is 11.3 Å². The summed E-state index contributed by atoms with van der Waals surface area (Å²) >= 11 is 1.87. The van der Waals surface area contributed by atoms with Crippen LogP contribution in [0, 0.1) is 5.92 Å². The van der Waals surface area contributed by atoms with E-state index < -0.39 is 0 Å². The smallest absolute Gasteiger partial charge is 0.193 e. The number of hydrogen-bond acceptors (Lipinski definition) is 4. The summed E-state index contributed by atoms with van der Waals surface area (Å²) in [5.74, 6) is 2.37. The Hall–Kier alpha value is -1.86. The molecule has 152 valence electrons. The topological polar surface area (TPSA) is 48.7 Å². The summed E-state index contributed by atoms with van der Waals surface area (Å²) in [6.45, 7) is 6.66. The van der Waals surface area contributed by atoms with Gasteiger partial charge in [-0.1, -0.05) is 6.07 Å². The molecule has 4 heterocycles. The highest BCUT2D eigenvalue weighted by atomic mass is 32.1. The highest BCUT2D eigenvalue weighted by molar-refractivity contribution is 7.09. The minimum atomic E-state index is 0.563. The zero-order valence-electron chi connectivity index (χ0n) is 17.0. The Kier molecular flexibility index (Phi) is 6.32. The van der Waals surface area contributed by atoms with Crippen molar-refractivity contribution < 1.29 is 0 Å². The van der Waals surface area contributed by atoms with Crippen molar-refractivity contribution in [2.24, 2.45) is 18.0 Å². The normalized spacial score (nSPS) is 22.1. The van der Waals surface area contributed by atoms with Crippen molar-refractivity contribution in [3.05, 3.63) is 40.3 Å². The molecule has 0 saturated carbocycles. The van der Waals surface area contributed by atoms with Crippen molar-refractivity contribution in [3.8, 4) is 0 Å². The van der Waals surface area contributed by atoms with E-state index in [1.165, 1.54) is 42.8 Å². The second kappa shape index (κ2) is 9.09. The average molecular weight is 401 g/mol. The van der Waals surface area contributed by atoms with Crippen molar-refractivity contribution in [2.45, 2.75) is 31.7 Å². The number of aromatic nitrogens is 2. The first kappa shape index (κ1) is 19.5. The Labute approximate surface area is 172 Å². The van der Waals surface area contributed by atoms with Crippen LogP contribution in [0.15, 0.2) is 34.9 Å². The van der Waals surface area contributed by atoms with Gasteiger partial charge in [0.25, 0.3) is 0 Å². The van der Waals surface area contributed by atoms with E-state index in [9.17, 15) is 0 Å². The van der Waals surface area contributed by atoms with E-state index in [0.717, 1.165) is 38.1 Å². The van der Waals surface area contributed by atoms with E-state index in [0.29, 0.717) is 5.92 Å². The first-order valence-corrected chi connectivity index (χ1v) is 11.3. The van der Waals surface area contributed by atoms with Gasteiger partial charge in [-0.05, 0) is 55.3 Å². The lowest BCUT2D eigenvalue weighted by molar-refractivity contribution is 0.179. The number of likely N-dealkylation sites (tertiary alicyclic amines) is 2. The average Bonchev–Trinajstić information content (AvgIpc) is 3.46. The second-order valence-corrected chi connectivity index (χ2v) is 9.14. The number of nitrogens with one attached hydrogen (secondary N) is 1. The lowest BCUT2D eigenvalue weighted by Crippen LogP contribution is -2.44. The van der Waals surface area contributed by atoms with Crippen molar-refractivity contribution in [2.75, 3.05) is 39.8 Å². The second-order valence-electron chi connectivity index (χ2n) is 8.11. The molecule has 0 aromatic carbocycles. The Balaban J connectivity index is 1.21.